The van der Waals surface area contributed by atoms with E-state index in [-0.39, 0.29) is 0 Å². The summed E-state index contributed by atoms with van der Waals surface area (Å²) >= 11 is 9.40. The molecule has 0 bridgehead atoms. The summed E-state index contributed by atoms with van der Waals surface area (Å²) in [6.07, 6.45) is 4.66. The summed E-state index contributed by atoms with van der Waals surface area (Å²) in [6.45, 7) is 4.04. The standard InChI is InChI=1S/C22H22ClN7OS2/c23-14-5-7-15(8-6-14)30-22(26-27-28-30)33-21-19-16-3-1-2-4-17(16)32-20(19)24-18(25-21)13-29-9-11-31-12-10-29/h5-8H,1-4,9-13H2. The highest BCUT2D eigenvalue weighted by molar-refractivity contribution is 7.99. The number of tetrazole rings is 1. The smallest absolute Gasteiger partial charge is 0.220 e. The van der Waals surface area contributed by atoms with Crippen LogP contribution in [-0.2, 0) is 24.1 Å². The predicted molar refractivity (Wildman–Crippen MR) is 128 cm³/mol. The van der Waals surface area contributed by atoms with Crippen LogP contribution in [0.25, 0.3) is 15.9 Å². The second kappa shape index (κ2) is 9.27. The van der Waals surface area contributed by atoms with Crippen LogP contribution in [0.5, 0.6) is 0 Å². The molecular weight excluding hydrogens is 478 g/mol. The van der Waals surface area contributed by atoms with Crippen molar-refractivity contribution in [2.24, 2.45) is 0 Å². The molecule has 0 unspecified atom stereocenters. The number of halogens is 1. The number of aryl methyl sites for hydroxylation is 2. The van der Waals surface area contributed by atoms with Crippen molar-refractivity contribution in [3.05, 3.63) is 45.6 Å². The van der Waals surface area contributed by atoms with Crippen molar-refractivity contribution in [3.63, 3.8) is 0 Å². The number of thiophene rings is 1. The largest absolute Gasteiger partial charge is 0.379 e. The fraction of sp³-hybridized carbons (Fsp3) is 0.409. The Bertz CT molecular complexity index is 1280. The first-order valence-corrected chi connectivity index (χ1v) is 13.1. The van der Waals surface area contributed by atoms with E-state index in [4.69, 9.17) is 26.3 Å². The minimum absolute atomic E-state index is 0.672. The summed E-state index contributed by atoms with van der Waals surface area (Å²) in [5.74, 6) is 0.844. The number of benzene rings is 1. The van der Waals surface area contributed by atoms with Crippen molar-refractivity contribution in [2.45, 2.75) is 42.4 Å². The van der Waals surface area contributed by atoms with Crippen LogP contribution in [0, 0.1) is 0 Å². The van der Waals surface area contributed by atoms with Crippen molar-refractivity contribution >= 4 is 44.9 Å². The SMILES string of the molecule is Clc1ccc(-n2nnnc2Sc2nc(CN3CCOCC3)nc3sc4c(c23)CCCC4)cc1. The molecule has 1 aliphatic heterocycles. The molecule has 2 aliphatic rings. The van der Waals surface area contributed by atoms with Gasteiger partial charge in [0.2, 0.25) is 5.16 Å². The molecule has 1 aliphatic carbocycles. The zero-order chi connectivity index (χ0) is 22.2. The lowest BCUT2D eigenvalue weighted by atomic mass is 9.97. The first-order valence-electron chi connectivity index (χ1n) is 11.1. The first-order chi connectivity index (χ1) is 16.2. The van der Waals surface area contributed by atoms with E-state index in [1.54, 1.807) is 4.68 Å². The molecule has 1 aromatic carbocycles. The molecule has 0 spiro atoms. The van der Waals surface area contributed by atoms with Crippen molar-refractivity contribution in [2.75, 3.05) is 26.3 Å². The van der Waals surface area contributed by atoms with Gasteiger partial charge in [-0.25, -0.2) is 9.97 Å². The fourth-order valence-corrected chi connectivity index (χ4v) is 6.77. The molecule has 3 aromatic heterocycles. The minimum atomic E-state index is 0.672. The second-order valence-corrected chi connectivity index (χ2v) is 10.7. The molecule has 0 atom stereocenters. The Morgan fingerprint density at radius 3 is 2.73 bits per heavy atom. The molecule has 8 nitrogen and oxygen atoms in total. The number of hydrogen-bond donors (Lipinski definition) is 0. The quantitative estimate of drug-likeness (QED) is 0.378. The van der Waals surface area contributed by atoms with Crippen LogP contribution in [0.2, 0.25) is 5.02 Å². The van der Waals surface area contributed by atoms with Crippen LogP contribution in [0.3, 0.4) is 0 Å². The molecule has 6 rings (SSSR count). The van der Waals surface area contributed by atoms with E-state index >= 15 is 0 Å². The van der Waals surface area contributed by atoms with Gasteiger partial charge in [-0.3, -0.25) is 4.90 Å². The number of fused-ring (bicyclic) bond motifs is 3. The Hall–Kier alpha value is -2.11. The van der Waals surface area contributed by atoms with E-state index in [0.29, 0.717) is 10.2 Å². The third-order valence-electron chi connectivity index (χ3n) is 6.00. The van der Waals surface area contributed by atoms with E-state index < -0.39 is 0 Å². The monoisotopic (exact) mass is 499 g/mol. The maximum absolute atomic E-state index is 6.07. The van der Waals surface area contributed by atoms with Crippen LogP contribution in [-0.4, -0.2) is 61.4 Å². The van der Waals surface area contributed by atoms with Crippen molar-refractivity contribution in [1.82, 2.24) is 35.1 Å². The average molecular weight is 500 g/mol. The van der Waals surface area contributed by atoms with Crippen LogP contribution in [0.15, 0.2) is 34.4 Å². The highest BCUT2D eigenvalue weighted by Crippen LogP contribution is 2.41. The van der Waals surface area contributed by atoms with Crippen molar-refractivity contribution < 1.29 is 4.74 Å². The van der Waals surface area contributed by atoms with Gasteiger partial charge >= 0.3 is 0 Å². The molecule has 0 radical (unpaired) electrons. The van der Waals surface area contributed by atoms with Gasteiger partial charge in [-0.1, -0.05) is 11.6 Å². The maximum Gasteiger partial charge on any atom is 0.220 e. The molecule has 11 heteroatoms. The molecule has 1 saturated heterocycles. The molecule has 33 heavy (non-hydrogen) atoms. The lowest BCUT2D eigenvalue weighted by Crippen LogP contribution is -2.36. The Kier molecular flexibility index (Phi) is 6.02. The van der Waals surface area contributed by atoms with Gasteiger partial charge in [-0.2, -0.15) is 4.68 Å². The number of hydrogen-bond acceptors (Lipinski definition) is 9. The fourth-order valence-electron chi connectivity index (χ4n) is 4.34. The third kappa shape index (κ3) is 4.38. The summed E-state index contributed by atoms with van der Waals surface area (Å²) in [4.78, 5) is 14.9. The topological polar surface area (TPSA) is 81.9 Å². The highest BCUT2D eigenvalue weighted by atomic mass is 35.5. The van der Waals surface area contributed by atoms with Crippen LogP contribution >= 0.6 is 34.7 Å². The molecule has 0 saturated carbocycles. The summed E-state index contributed by atoms with van der Waals surface area (Å²) in [6, 6.07) is 7.50. The minimum Gasteiger partial charge on any atom is -0.379 e. The molecule has 4 aromatic rings. The van der Waals surface area contributed by atoms with Crippen molar-refractivity contribution in [1.29, 1.82) is 0 Å². The molecular formula is C22H22ClN7OS2. The summed E-state index contributed by atoms with van der Waals surface area (Å²) < 4.78 is 7.23. The molecule has 0 N–H and O–H groups in total. The number of aromatic nitrogens is 6. The lowest BCUT2D eigenvalue weighted by Gasteiger charge is -2.25. The van der Waals surface area contributed by atoms with E-state index in [1.165, 1.54) is 40.4 Å². The molecule has 1 fully saturated rings. The zero-order valence-corrected chi connectivity index (χ0v) is 20.3. The van der Waals surface area contributed by atoms with Crippen LogP contribution in [0.4, 0.5) is 0 Å². The Labute approximate surface area is 204 Å². The molecule has 4 heterocycles. The van der Waals surface area contributed by atoms with E-state index in [2.05, 4.69) is 20.4 Å². The number of nitrogens with zero attached hydrogens (tertiary/aromatic N) is 7. The highest BCUT2D eigenvalue weighted by Gasteiger charge is 2.24. The Morgan fingerprint density at radius 2 is 1.88 bits per heavy atom. The van der Waals surface area contributed by atoms with Gasteiger partial charge in [0, 0.05) is 28.4 Å². The number of morpholine rings is 1. The van der Waals surface area contributed by atoms with Gasteiger partial charge in [0.15, 0.2) is 0 Å². The predicted octanol–water partition coefficient (Wildman–Crippen LogP) is 4.18. The van der Waals surface area contributed by atoms with Gasteiger partial charge in [-0.05, 0) is 77.7 Å². The van der Waals surface area contributed by atoms with E-state index in [9.17, 15) is 0 Å². The van der Waals surface area contributed by atoms with Crippen molar-refractivity contribution in [3.8, 4) is 5.69 Å². The first kappa shape index (κ1) is 21.4. The maximum atomic E-state index is 6.07. The van der Waals surface area contributed by atoms with E-state index in [0.717, 1.165) is 67.1 Å². The summed E-state index contributed by atoms with van der Waals surface area (Å²) in [5, 5.41) is 15.9. The lowest BCUT2D eigenvalue weighted by molar-refractivity contribution is 0.0330. The average Bonchev–Trinajstić information content (AvgIpc) is 3.44. The molecule has 0 amide bonds. The summed E-state index contributed by atoms with van der Waals surface area (Å²) in [5.41, 5.74) is 2.27. The zero-order valence-electron chi connectivity index (χ0n) is 17.9. The van der Waals surface area contributed by atoms with E-state index in [1.807, 2.05) is 35.6 Å². The molecule has 170 valence electrons. The normalized spacial score (nSPS) is 16.9. The number of ether oxygens (including phenoxy) is 1. The van der Waals surface area contributed by atoms with Gasteiger partial charge in [-0.15, -0.1) is 16.4 Å². The third-order valence-corrected chi connectivity index (χ3v) is 8.36. The van der Waals surface area contributed by atoms with Gasteiger partial charge in [0.25, 0.3) is 0 Å². The number of rotatable bonds is 5. The van der Waals surface area contributed by atoms with Crippen LogP contribution < -0.4 is 0 Å². The van der Waals surface area contributed by atoms with Crippen LogP contribution in [0.1, 0.15) is 29.1 Å². The second-order valence-electron chi connectivity index (χ2n) is 8.18. The Morgan fingerprint density at radius 1 is 1.06 bits per heavy atom. The van der Waals surface area contributed by atoms with Gasteiger partial charge in [0.1, 0.15) is 15.7 Å². The van der Waals surface area contributed by atoms with Gasteiger partial charge in [0.05, 0.1) is 25.4 Å². The summed E-state index contributed by atoms with van der Waals surface area (Å²) in [7, 11) is 0. The Balaban J connectivity index is 1.41. The van der Waals surface area contributed by atoms with Gasteiger partial charge < -0.3 is 4.74 Å².